The summed E-state index contributed by atoms with van der Waals surface area (Å²) in [6.45, 7) is 1.86. The molecule has 10 heteroatoms. The molecule has 3 aromatic rings. The summed E-state index contributed by atoms with van der Waals surface area (Å²) in [5.41, 5.74) is 6.34. The molecule has 0 saturated heterocycles. The number of nitrogens with two attached hydrogens (primary N) is 1. The van der Waals surface area contributed by atoms with Gasteiger partial charge in [-0.05, 0) is 66.1 Å². The molecule has 2 N–H and O–H groups in total. The molecule has 6 nitrogen and oxygen atoms in total. The number of aromatic nitrogens is 2. The summed E-state index contributed by atoms with van der Waals surface area (Å²) in [4.78, 5) is 21.2. The molecule has 4 atom stereocenters. The lowest BCUT2D eigenvalue weighted by atomic mass is 9.75. The van der Waals surface area contributed by atoms with Crippen molar-refractivity contribution < 1.29 is 26.4 Å². The first-order chi connectivity index (χ1) is 17.0. The van der Waals surface area contributed by atoms with E-state index >= 15 is 0 Å². The summed E-state index contributed by atoms with van der Waals surface area (Å²) in [6.07, 6.45) is 5.21. The van der Waals surface area contributed by atoms with Gasteiger partial charge in [0, 0.05) is 31.1 Å². The molecule has 36 heavy (non-hydrogen) atoms. The van der Waals surface area contributed by atoms with E-state index in [-0.39, 0.29) is 24.0 Å². The second kappa shape index (κ2) is 10.1. The molecule has 0 radical (unpaired) electrons. The zero-order valence-electron chi connectivity index (χ0n) is 19.8. The van der Waals surface area contributed by atoms with Crippen molar-refractivity contribution in [2.75, 3.05) is 6.26 Å². The summed E-state index contributed by atoms with van der Waals surface area (Å²) >= 11 is 0. The van der Waals surface area contributed by atoms with Crippen LogP contribution in [0.2, 0.25) is 0 Å². The zero-order valence-corrected chi connectivity index (χ0v) is 20.6. The average Bonchev–Trinajstić information content (AvgIpc) is 2.79. The van der Waals surface area contributed by atoms with Gasteiger partial charge < -0.3 is 5.73 Å². The van der Waals surface area contributed by atoms with E-state index in [1.165, 1.54) is 12.3 Å². The van der Waals surface area contributed by atoms with Crippen LogP contribution in [0, 0.1) is 23.4 Å². The summed E-state index contributed by atoms with van der Waals surface area (Å²) < 4.78 is 67.3. The van der Waals surface area contributed by atoms with Gasteiger partial charge in [0.2, 0.25) is 0 Å². The largest absolute Gasteiger partial charge is 0.326 e. The van der Waals surface area contributed by atoms with E-state index < -0.39 is 55.6 Å². The Kier molecular flexibility index (Phi) is 7.28. The minimum absolute atomic E-state index is 0.0805. The highest BCUT2D eigenvalue weighted by Gasteiger charge is 2.40. The third-order valence-electron chi connectivity index (χ3n) is 6.75. The summed E-state index contributed by atoms with van der Waals surface area (Å²) in [5.74, 6) is -3.68. The lowest BCUT2D eigenvalue weighted by molar-refractivity contribution is 0.0987. The van der Waals surface area contributed by atoms with Gasteiger partial charge in [0.15, 0.2) is 15.6 Å². The molecular formula is C26H26F3N3O3S. The van der Waals surface area contributed by atoms with Crippen molar-refractivity contribution in [1.82, 2.24) is 9.97 Å². The first kappa shape index (κ1) is 26.0. The third kappa shape index (κ3) is 5.19. The molecule has 0 aliphatic heterocycles. The molecule has 0 bridgehead atoms. The van der Waals surface area contributed by atoms with Gasteiger partial charge in [0.25, 0.3) is 0 Å². The van der Waals surface area contributed by atoms with E-state index in [9.17, 15) is 26.4 Å². The van der Waals surface area contributed by atoms with Crippen LogP contribution < -0.4 is 5.73 Å². The number of Topliss-reactive ketones (excluding diaryl/α,β-unsaturated/α-hetero) is 1. The quantitative estimate of drug-likeness (QED) is 0.491. The molecule has 2 heterocycles. The predicted molar refractivity (Wildman–Crippen MR) is 130 cm³/mol. The van der Waals surface area contributed by atoms with Gasteiger partial charge in [-0.1, -0.05) is 13.0 Å². The molecule has 0 amide bonds. The monoisotopic (exact) mass is 517 g/mol. The number of carbonyl (C=O) groups is 1. The topological polar surface area (TPSA) is 103 Å². The smallest absolute Gasteiger partial charge is 0.185 e. The molecular weight excluding hydrogens is 491 g/mol. The number of hydrogen-bond donors (Lipinski definition) is 1. The molecule has 2 aromatic heterocycles. The molecule has 0 unspecified atom stereocenters. The van der Waals surface area contributed by atoms with Crippen LogP contribution in [-0.2, 0) is 16.3 Å². The lowest BCUT2D eigenvalue weighted by Gasteiger charge is -2.38. The fraction of sp³-hybridized carbons (Fsp3) is 0.346. The Morgan fingerprint density at radius 1 is 1.06 bits per heavy atom. The minimum atomic E-state index is -3.32. The Balaban J connectivity index is 1.62. The number of pyridine rings is 2. The van der Waals surface area contributed by atoms with Crippen molar-refractivity contribution in [2.24, 2.45) is 11.7 Å². The minimum Gasteiger partial charge on any atom is -0.326 e. The van der Waals surface area contributed by atoms with Crippen LogP contribution in [-0.4, -0.2) is 41.7 Å². The van der Waals surface area contributed by atoms with Crippen molar-refractivity contribution in [1.29, 1.82) is 0 Å². The maximum absolute atomic E-state index is 14.4. The van der Waals surface area contributed by atoms with Crippen LogP contribution in [0.1, 0.15) is 47.3 Å². The van der Waals surface area contributed by atoms with E-state index in [4.69, 9.17) is 5.73 Å². The van der Waals surface area contributed by atoms with Crippen molar-refractivity contribution in [2.45, 2.75) is 43.4 Å². The highest BCUT2D eigenvalue weighted by molar-refractivity contribution is 7.91. The Bertz CT molecular complexity index is 1380. The first-order valence-corrected chi connectivity index (χ1v) is 13.4. The van der Waals surface area contributed by atoms with Gasteiger partial charge in [-0.25, -0.2) is 26.6 Å². The van der Waals surface area contributed by atoms with Crippen molar-refractivity contribution in [3.8, 4) is 11.3 Å². The van der Waals surface area contributed by atoms with Gasteiger partial charge in [0.05, 0.1) is 10.8 Å². The third-order valence-corrected chi connectivity index (χ3v) is 8.56. The normalized spacial score (nSPS) is 22.4. The standard InChI is InChI=1S/C26H26F3N3O3S/c1-14-10-15(11-21(30)26(14)36(2,34)35)17-8-9-31-13-16(17)12-23(33)22-7-6-20(29)25(32-22)24-18(27)4-3-5-19(24)28/h3-9,13-15,21,26H,10-12,30H2,1-2H3/t14-,15+,21+,26-/m0/s1. The zero-order chi connectivity index (χ0) is 26.2. The maximum Gasteiger partial charge on any atom is 0.185 e. The first-order valence-electron chi connectivity index (χ1n) is 11.5. The van der Waals surface area contributed by atoms with Crippen LogP contribution >= 0.6 is 0 Å². The molecule has 1 aliphatic carbocycles. The predicted octanol–water partition coefficient (Wildman–Crippen LogP) is 4.24. The van der Waals surface area contributed by atoms with Crippen LogP contribution in [0.5, 0.6) is 0 Å². The fourth-order valence-corrected chi connectivity index (χ4v) is 7.00. The molecule has 1 fully saturated rings. The number of carbonyl (C=O) groups excluding carboxylic acids is 1. The van der Waals surface area contributed by atoms with E-state index in [0.717, 1.165) is 29.8 Å². The molecule has 1 aliphatic rings. The van der Waals surface area contributed by atoms with Crippen molar-refractivity contribution >= 4 is 15.6 Å². The van der Waals surface area contributed by atoms with E-state index in [2.05, 4.69) is 9.97 Å². The van der Waals surface area contributed by atoms with Gasteiger partial charge >= 0.3 is 0 Å². The van der Waals surface area contributed by atoms with Crippen LogP contribution in [0.25, 0.3) is 11.3 Å². The van der Waals surface area contributed by atoms with Crippen LogP contribution in [0.15, 0.2) is 48.8 Å². The Hall–Kier alpha value is -3.11. The number of sulfone groups is 1. The second-order valence-corrected chi connectivity index (χ2v) is 11.6. The number of ketones is 1. The van der Waals surface area contributed by atoms with Crippen molar-refractivity contribution in [3.05, 3.63) is 83.1 Å². The number of halogens is 3. The van der Waals surface area contributed by atoms with Crippen LogP contribution in [0.4, 0.5) is 13.2 Å². The van der Waals surface area contributed by atoms with Gasteiger partial charge in [-0.2, -0.15) is 0 Å². The van der Waals surface area contributed by atoms with Gasteiger partial charge in [-0.15, -0.1) is 0 Å². The summed E-state index contributed by atoms with van der Waals surface area (Å²) in [6, 6.07) is 6.49. The molecule has 1 saturated carbocycles. The lowest BCUT2D eigenvalue weighted by Crippen LogP contribution is -2.48. The van der Waals surface area contributed by atoms with Crippen molar-refractivity contribution in [3.63, 3.8) is 0 Å². The highest BCUT2D eigenvalue weighted by atomic mass is 32.2. The summed E-state index contributed by atoms with van der Waals surface area (Å²) in [5, 5.41) is -0.638. The van der Waals surface area contributed by atoms with E-state index in [1.807, 2.05) is 6.92 Å². The van der Waals surface area contributed by atoms with Gasteiger partial charge in [0.1, 0.15) is 28.8 Å². The maximum atomic E-state index is 14.4. The highest BCUT2D eigenvalue weighted by Crippen LogP contribution is 2.39. The number of rotatable bonds is 6. The Morgan fingerprint density at radius 2 is 1.75 bits per heavy atom. The molecule has 190 valence electrons. The Labute approximate surface area is 207 Å². The van der Waals surface area contributed by atoms with Crippen LogP contribution in [0.3, 0.4) is 0 Å². The number of nitrogens with zero attached hydrogens (tertiary/aromatic N) is 2. The molecule has 0 spiro atoms. The van der Waals surface area contributed by atoms with E-state index in [1.54, 1.807) is 18.5 Å². The molecule has 1 aromatic carbocycles. The number of benzene rings is 1. The SMILES string of the molecule is C[C@H]1C[C@@H](c2ccncc2CC(=O)c2ccc(F)c(-c3c(F)cccc3F)n2)C[C@@H](N)[C@H]1S(C)(=O)=O. The Morgan fingerprint density at radius 3 is 2.39 bits per heavy atom. The number of hydrogen-bond acceptors (Lipinski definition) is 6. The molecule has 4 rings (SSSR count). The fourth-order valence-electron chi connectivity index (χ4n) is 5.30. The average molecular weight is 518 g/mol. The van der Waals surface area contributed by atoms with E-state index in [0.29, 0.717) is 18.4 Å². The second-order valence-electron chi connectivity index (χ2n) is 9.40. The summed E-state index contributed by atoms with van der Waals surface area (Å²) in [7, 11) is -3.32. The van der Waals surface area contributed by atoms with Gasteiger partial charge in [-0.3, -0.25) is 9.78 Å².